The molecule has 0 bridgehead atoms. The van der Waals surface area contributed by atoms with E-state index < -0.39 is 11.5 Å². The summed E-state index contributed by atoms with van der Waals surface area (Å²) < 4.78 is 21.8. The van der Waals surface area contributed by atoms with Crippen molar-refractivity contribution in [1.82, 2.24) is 24.4 Å². The number of nitrogens with zero attached hydrogens (tertiary/aromatic N) is 6. The van der Waals surface area contributed by atoms with Crippen LogP contribution >= 0.6 is 11.6 Å². The Labute approximate surface area is 248 Å². The van der Waals surface area contributed by atoms with Crippen molar-refractivity contribution in [3.63, 3.8) is 0 Å². The number of hydrogen-bond acceptors (Lipinski definition) is 7. The Bertz CT molecular complexity index is 1770. The van der Waals surface area contributed by atoms with E-state index in [9.17, 15) is 14.0 Å². The number of aryl methyl sites for hydroxylation is 1. The van der Waals surface area contributed by atoms with E-state index in [0.29, 0.717) is 48.1 Å². The Hall–Kier alpha value is -4.31. The number of benzene rings is 1. The summed E-state index contributed by atoms with van der Waals surface area (Å²) in [6.07, 6.45) is 1.29. The molecule has 5 rings (SSSR count). The molecule has 1 aliphatic heterocycles. The van der Waals surface area contributed by atoms with Crippen molar-refractivity contribution in [2.75, 3.05) is 31.6 Å². The van der Waals surface area contributed by atoms with Gasteiger partial charge in [0.25, 0.3) is 0 Å². The lowest BCUT2D eigenvalue weighted by molar-refractivity contribution is -0.126. The number of ether oxygens (including phenoxy) is 1. The minimum Gasteiger partial charge on any atom is -0.481 e. The van der Waals surface area contributed by atoms with Gasteiger partial charge in [-0.3, -0.25) is 4.79 Å². The van der Waals surface area contributed by atoms with Gasteiger partial charge in [0, 0.05) is 37.3 Å². The second-order valence-electron chi connectivity index (χ2n) is 10.6. The summed E-state index contributed by atoms with van der Waals surface area (Å²) in [4.78, 5) is 44.1. The van der Waals surface area contributed by atoms with Gasteiger partial charge in [-0.25, -0.2) is 23.7 Å². The molecule has 0 saturated carbocycles. The second kappa shape index (κ2) is 11.5. The summed E-state index contributed by atoms with van der Waals surface area (Å²) in [5, 5.41) is 0.725. The summed E-state index contributed by atoms with van der Waals surface area (Å²) >= 11 is 6.78. The van der Waals surface area contributed by atoms with Gasteiger partial charge in [0.05, 0.1) is 34.6 Å². The van der Waals surface area contributed by atoms with E-state index in [0.717, 1.165) is 5.56 Å². The third-order valence-electron chi connectivity index (χ3n) is 7.48. The molecule has 0 radical (unpaired) electrons. The third kappa shape index (κ3) is 5.11. The normalized spacial score (nSPS) is 15.4. The van der Waals surface area contributed by atoms with Crippen LogP contribution in [0, 0.1) is 12.7 Å². The first-order chi connectivity index (χ1) is 20.0. The largest absolute Gasteiger partial charge is 0.481 e. The van der Waals surface area contributed by atoms with E-state index in [1.54, 1.807) is 35.2 Å². The number of hydrogen-bond donors (Lipinski definition) is 0. The number of aromatic nitrogens is 4. The molecule has 1 aliphatic rings. The second-order valence-corrected chi connectivity index (χ2v) is 11.0. The first-order valence-corrected chi connectivity index (χ1v) is 14.1. The summed E-state index contributed by atoms with van der Waals surface area (Å²) in [5.74, 6) is 0.0908. The summed E-state index contributed by atoms with van der Waals surface area (Å²) in [6, 6.07) is 9.48. The number of fused-ring (bicyclic) bond motifs is 1. The first kappa shape index (κ1) is 29.2. The van der Waals surface area contributed by atoms with Crippen molar-refractivity contribution in [3.05, 3.63) is 81.6 Å². The van der Waals surface area contributed by atoms with Crippen LogP contribution < -0.4 is 15.3 Å². The molecule has 1 atom stereocenters. The first-order valence-electron chi connectivity index (χ1n) is 13.7. The van der Waals surface area contributed by atoms with E-state index in [4.69, 9.17) is 21.3 Å². The Morgan fingerprint density at radius 2 is 1.93 bits per heavy atom. The van der Waals surface area contributed by atoms with Crippen molar-refractivity contribution in [2.24, 2.45) is 0 Å². The molecule has 4 aromatic rings. The van der Waals surface area contributed by atoms with Gasteiger partial charge in [-0.2, -0.15) is 4.98 Å². The molecule has 11 heteroatoms. The van der Waals surface area contributed by atoms with Crippen LogP contribution in [0.2, 0.25) is 5.02 Å². The molecule has 0 aliphatic carbocycles. The predicted molar refractivity (Wildman–Crippen MR) is 162 cm³/mol. The highest BCUT2D eigenvalue weighted by Crippen LogP contribution is 2.36. The molecule has 1 fully saturated rings. The van der Waals surface area contributed by atoms with Crippen LogP contribution in [0.5, 0.6) is 5.88 Å². The van der Waals surface area contributed by atoms with Crippen LogP contribution in [-0.4, -0.2) is 63.1 Å². The molecule has 1 saturated heterocycles. The Morgan fingerprint density at radius 1 is 1.19 bits per heavy atom. The molecule has 1 unspecified atom stereocenters. The third-order valence-corrected chi connectivity index (χ3v) is 7.77. The van der Waals surface area contributed by atoms with Gasteiger partial charge in [-0.15, -0.1) is 0 Å². The molecule has 9 nitrogen and oxygen atoms in total. The molecule has 1 amide bonds. The minimum absolute atomic E-state index is 0.0794. The molecule has 1 aromatic carbocycles. The minimum atomic E-state index is -0.569. The molecule has 218 valence electrons. The number of carbonyl (C=O) groups is 1. The maximum absolute atomic E-state index is 15.0. The Kier molecular flexibility index (Phi) is 8.01. The molecular formula is C31H32ClFN6O3. The van der Waals surface area contributed by atoms with Crippen molar-refractivity contribution in [1.29, 1.82) is 0 Å². The molecule has 0 spiro atoms. The molecular weight excluding hydrogens is 559 g/mol. The smallest absolute Gasteiger partial charge is 0.355 e. The number of anilines is 1. The van der Waals surface area contributed by atoms with E-state index in [2.05, 4.69) is 16.5 Å². The summed E-state index contributed by atoms with van der Waals surface area (Å²) in [7, 11) is 1.54. The van der Waals surface area contributed by atoms with E-state index in [1.165, 1.54) is 23.8 Å². The zero-order chi connectivity index (χ0) is 30.3. The molecule has 3 aromatic heterocycles. The number of methoxy groups -OCH3 is 1. The lowest BCUT2D eigenvalue weighted by Crippen LogP contribution is -2.54. The van der Waals surface area contributed by atoms with Gasteiger partial charge in [-0.1, -0.05) is 44.2 Å². The zero-order valence-electron chi connectivity index (χ0n) is 24.2. The van der Waals surface area contributed by atoms with Crippen molar-refractivity contribution in [2.45, 2.75) is 39.7 Å². The van der Waals surface area contributed by atoms with Crippen LogP contribution in [0.25, 0.3) is 28.0 Å². The Balaban J connectivity index is 1.83. The summed E-state index contributed by atoms with van der Waals surface area (Å²) in [5.41, 5.74) is 2.00. The number of halogens is 2. The monoisotopic (exact) mass is 590 g/mol. The highest BCUT2D eigenvalue weighted by atomic mass is 35.5. The van der Waals surface area contributed by atoms with Gasteiger partial charge in [-0.05, 0) is 49.6 Å². The van der Waals surface area contributed by atoms with Gasteiger partial charge in [0.2, 0.25) is 11.8 Å². The number of rotatable bonds is 6. The fourth-order valence-electron chi connectivity index (χ4n) is 5.43. The van der Waals surface area contributed by atoms with E-state index >= 15 is 0 Å². The standard InChI is InChI=1S/C31H32ClFN6O3/c1-7-25(40)37-12-13-38(19(5)16-37)29-21-15-22(32)27(20-10-8-9-11-23(20)33)35-30(21)39(31(41)36-29)28-18(4)14-24(42-6)34-26(28)17(2)3/h7-11,14-15,17,19H,1,12-13,16H2,2-6H3. The van der Waals surface area contributed by atoms with Gasteiger partial charge < -0.3 is 14.5 Å². The topological polar surface area (TPSA) is 93.5 Å². The van der Waals surface area contributed by atoms with Crippen molar-refractivity contribution in [3.8, 4) is 22.8 Å². The number of pyridine rings is 2. The van der Waals surface area contributed by atoms with Gasteiger partial charge in [0.15, 0.2) is 5.65 Å². The van der Waals surface area contributed by atoms with Crippen LogP contribution in [0.1, 0.15) is 37.9 Å². The van der Waals surface area contributed by atoms with Crippen LogP contribution in [0.4, 0.5) is 10.2 Å². The quantitative estimate of drug-likeness (QED) is 0.281. The van der Waals surface area contributed by atoms with E-state index in [1.807, 2.05) is 32.6 Å². The zero-order valence-corrected chi connectivity index (χ0v) is 24.9. The molecule has 0 N–H and O–H groups in total. The van der Waals surface area contributed by atoms with Gasteiger partial charge in [0.1, 0.15) is 11.6 Å². The molecule has 4 heterocycles. The van der Waals surface area contributed by atoms with Gasteiger partial charge >= 0.3 is 5.69 Å². The van der Waals surface area contributed by atoms with Crippen LogP contribution in [0.3, 0.4) is 0 Å². The van der Waals surface area contributed by atoms with Crippen molar-refractivity contribution >= 4 is 34.4 Å². The van der Waals surface area contributed by atoms with Crippen LogP contribution in [0.15, 0.2) is 53.8 Å². The highest BCUT2D eigenvalue weighted by Gasteiger charge is 2.30. The Morgan fingerprint density at radius 3 is 2.57 bits per heavy atom. The lowest BCUT2D eigenvalue weighted by Gasteiger charge is -2.40. The van der Waals surface area contributed by atoms with E-state index in [-0.39, 0.29) is 39.8 Å². The number of amides is 1. The predicted octanol–water partition coefficient (Wildman–Crippen LogP) is 5.30. The number of carbonyl (C=O) groups excluding carboxylic acids is 1. The average molecular weight is 591 g/mol. The SMILES string of the molecule is C=CC(=O)N1CCN(c2nc(=O)n(-c3c(C)cc(OC)nc3C(C)C)c3nc(-c4ccccc4F)c(Cl)cc23)C(C)C1. The highest BCUT2D eigenvalue weighted by molar-refractivity contribution is 6.33. The number of piperazine rings is 1. The fourth-order valence-corrected chi connectivity index (χ4v) is 5.68. The van der Waals surface area contributed by atoms with Crippen LogP contribution in [-0.2, 0) is 4.79 Å². The average Bonchev–Trinajstić information content (AvgIpc) is 2.96. The molecule has 42 heavy (non-hydrogen) atoms. The fraction of sp³-hybridized carbons (Fsp3) is 0.323. The lowest BCUT2D eigenvalue weighted by atomic mass is 10.0. The summed E-state index contributed by atoms with van der Waals surface area (Å²) in [6.45, 7) is 12.6. The maximum Gasteiger partial charge on any atom is 0.355 e. The maximum atomic E-state index is 15.0. The van der Waals surface area contributed by atoms with Crippen molar-refractivity contribution < 1.29 is 13.9 Å².